The number of hydrogen-bond acceptors (Lipinski definition) is 1. The molecule has 39 heavy (non-hydrogen) atoms. The summed E-state index contributed by atoms with van der Waals surface area (Å²) < 4.78 is 2.42. The van der Waals surface area contributed by atoms with Gasteiger partial charge >= 0.3 is 0 Å². The van der Waals surface area contributed by atoms with Crippen LogP contribution in [-0.2, 0) is 6.42 Å². The standard InChI is InChI=1S/C37H44N2/c1-3-4-5-6-7-8-9-10-11-12-13-29-15-25-37-35(27-29)34-26-28(2)14-24-36(34)39(37)33-22-18-31(19-23-33)30-16-20-32(38)21-17-30/h14-27H,3-13,38H2,1-2H3. The third-order valence-electron chi connectivity index (χ3n) is 8.17. The maximum absolute atomic E-state index is 5.88. The highest BCUT2D eigenvalue weighted by Gasteiger charge is 2.13. The minimum Gasteiger partial charge on any atom is -0.399 e. The molecular weight excluding hydrogens is 472 g/mol. The van der Waals surface area contributed by atoms with Crippen molar-refractivity contribution in [2.75, 3.05) is 5.73 Å². The first-order valence-electron chi connectivity index (χ1n) is 15.1. The van der Waals surface area contributed by atoms with Crippen LogP contribution in [0.2, 0.25) is 0 Å². The SMILES string of the molecule is CCCCCCCCCCCCc1ccc2c(c1)c1cc(C)ccc1n2-c1ccc(-c2ccc(N)cc2)cc1. The average Bonchev–Trinajstić information content (AvgIpc) is 3.27. The van der Waals surface area contributed by atoms with Crippen molar-refractivity contribution in [2.45, 2.75) is 84.5 Å². The zero-order valence-electron chi connectivity index (χ0n) is 23.9. The number of aryl methyl sites for hydroxylation is 2. The topological polar surface area (TPSA) is 30.9 Å². The van der Waals surface area contributed by atoms with Crippen LogP contribution >= 0.6 is 0 Å². The molecule has 0 fully saturated rings. The van der Waals surface area contributed by atoms with Crippen molar-refractivity contribution in [1.29, 1.82) is 0 Å². The van der Waals surface area contributed by atoms with Crippen molar-refractivity contribution in [1.82, 2.24) is 4.57 Å². The monoisotopic (exact) mass is 516 g/mol. The molecule has 2 N–H and O–H groups in total. The maximum Gasteiger partial charge on any atom is 0.0541 e. The first kappa shape index (κ1) is 27.1. The molecule has 0 spiro atoms. The van der Waals surface area contributed by atoms with Gasteiger partial charge in [0, 0.05) is 22.1 Å². The Morgan fingerprint density at radius 1 is 0.564 bits per heavy atom. The van der Waals surface area contributed by atoms with E-state index in [2.05, 4.69) is 91.2 Å². The fraction of sp³-hybridized carbons (Fsp3) is 0.351. The summed E-state index contributed by atoms with van der Waals surface area (Å²) in [6.07, 6.45) is 15.0. The first-order chi connectivity index (χ1) is 19.1. The molecule has 0 amide bonds. The van der Waals surface area contributed by atoms with E-state index in [1.807, 2.05) is 12.1 Å². The molecule has 5 rings (SSSR count). The molecule has 202 valence electrons. The van der Waals surface area contributed by atoms with Gasteiger partial charge in [-0.05, 0) is 85.0 Å². The molecule has 0 aliphatic carbocycles. The quantitative estimate of drug-likeness (QED) is 0.122. The minimum absolute atomic E-state index is 0.795. The number of nitrogen functional groups attached to an aromatic ring is 1. The van der Waals surface area contributed by atoms with Crippen LogP contribution in [0.4, 0.5) is 5.69 Å². The molecule has 1 aromatic heterocycles. The van der Waals surface area contributed by atoms with Crippen molar-refractivity contribution < 1.29 is 0 Å². The Kier molecular flexibility index (Phi) is 9.04. The summed E-state index contributed by atoms with van der Waals surface area (Å²) in [6, 6.07) is 31.0. The molecule has 0 aliphatic heterocycles. The lowest BCUT2D eigenvalue weighted by Crippen LogP contribution is -1.94. The van der Waals surface area contributed by atoms with Crippen molar-refractivity contribution in [3.05, 3.63) is 96.1 Å². The van der Waals surface area contributed by atoms with E-state index in [1.54, 1.807) is 0 Å². The Morgan fingerprint density at radius 2 is 1.10 bits per heavy atom. The van der Waals surface area contributed by atoms with Crippen molar-refractivity contribution >= 4 is 27.5 Å². The van der Waals surface area contributed by atoms with Gasteiger partial charge in [-0.1, -0.05) is 107 Å². The maximum atomic E-state index is 5.88. The Morgan fingerprint density at radius 3 is 1.74 bits per heavy atom. The molecule has 4 aromatic carbocycles. The van der Waals surface area contributed by atoms with Gasteiger partial charge in [0.2, 0.25) is 0 Å². The minimum atomic E-state index is 0.795. The second-order valence-electron chi connectivity index (χ2n) is 11.3. The van der Waals surface area contributed by atoms with Crippen LogP contribution in [0.15, 0.2) is 84.9 Å². The molecule has 0 saturated carbocycles. The highest BCUT2D eigenvalue weighted by molar-refractivity contribution is 6.09. The summed E-state index contributed by atoms with van der Waals surface area (Å²) in [6.45, 7) is 4.48. The molecule has 2 heteroatoms. The third-order valence-corrected chi connectivity index (χ3v) is 8.17. The van der Waals surface area contributed by atoms with Gasteiger partial charge in [0.05, 0.1) is 11.0 Å². The smallest absolute Gasteiger partial charge is 0.0541 e. The largest absolute Gasteiger partial charge is 0.399 e. The highest BCUT2D eigenvalue weighted by atomic mass is 15.0. The Hall–Kier alpha value is -3.52. The van der Waals surface area contributed by atoms with Gasteiger partial charge in [0.15, 0.2) is 0 Å². The number of nitrogens with two attached hydrogens (primary N) is 1. The van der Waals surface area contributed by atoms with Gasteiger partial charge < -0.3 is 10.3 Å². The summed E-state index contributed by atoms with van der Waals surface area (Å²) in [5.74, 6) is 0. The van der Waals surface area contributed by atoms with E-state index in [4.69, 9.17) is 5.73 Å². The molecule has 0 atom stereocenters. The molecule has 0 unspecified atom stereocenters. The van der Waals surface area contributed by atoms with E-state index in [0.717, 1.165) is 5.69 Å². The number of benzene rings is 4. The van der Waals surface area contributed by atoms with Crippen molar-refractivity contribution in [3.8, 4) is 16.8 Å². The fourth-order valence-corrected chi connectivity index (χ4v) is 5.91. The summed E-state index contributed by atoms with van der Waals surface area (Å²) in [5.41, 5.74) is 15.6. The van der Waals surface area contributed by atoms with Crippen molar-refractivity contribution in [2.24, 2.45) is 0 Å². The molecule has 5 aromatic rings. The molecule has 2 nitrogen and oxygen atoms in total. The second-order valence-corrected chi connectivity index (χ2v) is 11.3. The number of nitrogens with zero attached hydrogens (tertiary/aromatic N) is 1. The molecule has 0 bridgehead atoms. The number of aromatic nitrogens is 1. The number of unbranched alkanes of at least 4 members (excludes halogenated alkanes) is 9. The van der Waals surface area contributed by atoms with E-state index in [9.17, 15) is 0 Å². The molecular formula is C37H44N2. The van der Waals surface area contributed by atoms with E-state index in [-0.39, 0.29) is 0 Å². The third kappa shape index (κ3) is 6.56. The molecule has 0 aliphatic rings. The predicted octanol–water partition coefficient (Wildman–Crippen LogP) is 10.8. The highest BCUT2D eigenvalue weighted by Crippen LogP contribution is 2.34. The summed E-state index contributed by atoms with van der Waals surface area (Å²) >= 11 is 0. The van der Waals surface area contributed by atoms with Gasteiger partial charge in [-0.3, -0.25) is 0 Å². The second kappa shape index (κ2) is 13.0. The van der Waals surface area contributed by atoms with E-state index < -0.39 is 0 Å². The predicted molar refractivity (Wildman–Crippen MR) is 171 cm³/mol. The van der Waals surface area contributed by atoms with Gasteiger partial charge in [0.25, 0.3) is 0 Å². The zero-order valence-corrected chi connectivity index (χ0v) is 23.9. The van der Waals surface area contributed by atoms with E-state index in [1.165, 1.54) is 120 Å². The fourth-order valence-electron chi connectivity index (χ4n) is 5.91. The lowest BCUT2D eigenvalue weighted by molar-refractivity contribution is 0.556. The number of fused-ring (bicyclic) bond motifs is 3. The summed E-state index contributed by atoms with van der Waals surface area (Å²) in [5, 5.41) is 2.71. The lowest BCUT2D eigenvalue weighted by Gasteiger charge is -2.10. The van der Waals surface area contributed by atoms with Gasteiger partial charge in [-0.25, -0.2) is 0 Å². The normalized spacial score (nSPS) is 11.5. The Balaban J connectivity index is 1.31. The van der Waals surface area contributed by atoms with Crippen LogP contribution in [0.25, 0.3) is 38.6 Å². The Bertz CT molecular complexity index is 1490. The first-order valence-corrected chi connectivity index (χ1v) is 15.1. The molecule has 0 radical (unpaired) electrons. The van der Waals surface area contributed by atoms with E-state index >= 15 is 0 Å². The molecule has 0 saturated heterocycles. The number of rotatable bonds is 13. The number of anilines is 1. The number of hydrogen-bond donors (Lipinski definition) is 1. The van der Waals surface area contributed by atoms with Crippen molar-refractivity contribution in [3.63, 3.8) is 0 Å². The van der Waals surface area contributed by atoms with Crippen LogP contribution < -0.4 is 5.73 Å². The van der Waals surface area contributed by atoms with Crippen LogP contribution in [0, 0.1) is 6.92 Å². The Labute approximate surface area is 234 Å². The summed E-state index contributed by atoms with van der Waals surface area (Å²) in [7, 11) is 0. The van der Waals surface area contributed by atoms with Gasteiger partial charge in [-0.2, -0.15) is 0 Å². The molecule has 1 heterocycles. The van der Waals surface area contributed by atoms with Gasteiger partial charge in [0.1, 0.15) is 0 Å². The van der Waals surface area contributed by atoms with Crippen LogP contribution in [0.3, 0.4) is 0 Å². The van der Waals surface area contributed by atoms with E-state index in [0.29, 0.717) is 0 Å². The van der Waals surface area contributed by atoms with Gasteiger partial charge in [-0.15, -0.1) is 0 Å². The van der Waals surface area contributed by atoms with Crippen LogP contribution in [0.1, 0.15) is 82.3 Å². The zero-order chi connectivity index (χ0) is 27.0. The van der Waals surface area contributed by atoms with Crippen LogP contribution in [0.5, 0.6) is 0 Å². The van der Waals surface area contributed by atoms with Crippen LogP contribution in [-0.4, -0.2) is 4.57 Å². The summed E-state index contributed by atoms with van der Waals surface area (Å²) in [4.78, 5) is 0. The lowest BCUT2D eigenvalue weighted by atomic mass is 10.0. The average molecular weight is 517 g/mol.